The average Bonchev–Trinajstić information content (AvgIpc) is 3.11. The largest absolute Gasteiger partial charge is 0.376 e. The normalized spacial score (nSPS) is 16.4. The van der Waals surface area contributed by atoms with Crippen LogP contribution in [0.4, 0.5) is 10.1 Å². The van der Waals surface area contributed by atoms with Gasteiger partial charge in [-0.15, -0.1) is 11.3 Å². The highest BCUT2D eigenvalue weighted by molar-refractivity contribution is 7.10. The lowest BCUT2D eigenvalue weighted by Gasteiger charge is -2.22. The molecule has 1 atom stereocenters. The molecule has 2 heterocycles. The van der Waals surface area contributed by atoms with Gasteiger partial charge in [-0.2, -0.15) is 0 Å². The second kappa shape index (κ2) is 10.5. The first-order valence-electron chi connectivity index (χ1n) is 9.62. The van der Waals surface area contributed by atoms with E-state index >= 15 is 0 Å². The molecule has 1 fully saturated rings. The summed E-state index contributed by atoms with van der Waals surface area (Å²) in [4.78, 5) is 25.5. The number of hydrogen-bond donors (Lipinski definition) is 2. The average molecular weight is 421 g/mol. The van der Waals surface area contributed by atoms with Crippen LogP contribution in [0.1, 0.15) is 40.1 Å². The van der Waals surface area contributed by atoms with Crippen LogP contribution < -0.4 is 10.6 Å². The number of carbonyl (C=O) groups is 2. The van der Waals surface area contributed by atoms with Gasteiger partial charge in [0, 0.05) is 22.7 Å². The summed E-state index contributed by atoms with van der Waals surface area (Å²) < 4.78 is 24.9. The van der Waals surface area contributed by atoms with Crippen molar-refractivity contribution in [3.63, 3.8) is 0 Å². The van der Waals surface area contributed by atoms with Crippen molar-refractivity contribution in [2.24, 2.45) is 0 Å². The van der Waals surface area contributed by atoms with Gasteiger partial charge < -0.3 is 20.1 Å². The van der Waals surface area contributed by atoms with Crippen LogP contribution >= 0.6 is 11.3 Å². The number of rotatable bonds is 8. The van der Waals surface area contributed by atoms with Crippen molar-refractivity contribution in [1.29, 1.82) is 0 Å². The summed E-state index contributed by atoms with van der Waals surface area (Å²) in [5, 5.41) is 7.30. The lowest BCUT2D eigenvalue weighted by atomic mass is 10.1. The molecular weight excluding hydrogens is 395 g/mol. The second-order valence-corrected chi connectivity index (χ2v) is 7.99. The first kappa shape index (κ1) is 21.4. The predicted octanol–water partition coefficient (Wildman–Crippen LogP) is 3.65. The number of nitrogens with one attached hydrogen (secondary N) is 2. The van der Waals surface area contributed by atoms with E-state index in [-0.39, 0.29) is 24.0 Å². The molecule has 0 bridgehead atoms. The Hall–Kier alpha value is -2.29. The second-order valence-electron chi connectivity index (χ2n) is 6.99. The molecule has 2 amide bonds. The molecule has 6 nitrogen and oxygen atoms in total. The first-order valence-corrected chi connectivity index (χ1v) is 10.5. The number of amides is 2. The molecule has 1 aromatic heterocycles. The summed E-state index contributed by atoms with van der Waals surface area (Å²) in [6.45, 7) is 3.26. The monoisotopic (exact) mass is 420 g/mol. The predicted molar refractivity (Wildman–Crippen MR) is 110 cm³/mol. The number of aryl methyl sites for hydroxylation is 1. The molecule has 0 aliphatic carbocycles. The van der Waals surface area contributed by atoms with Crippen LogP contribution in [0, 0.1) is 12.7 Å². The van der Waals surface area contributed by atoms with Crippen molar-refractivity contribution >= 4 is 28.8 Å². The highest BCUT2D eigenvalue weighted by Gasteiger charge is 2.15. The zero-order valence-corrected chi connectivity index (χ0v) is 17.1. The molecule has 1 aliphatic heterocycles. The highest BCUT2D eigenvalue weighted by atomic mass is 32.1. The van der Waals surface area contributed by atoms with Gasteiger partial charge in [0.05, 0.1) is 19.3 Å². The number of halogens is 1. The van der Waals surface area contributed by atoms with E-state index in [4.69, 9.17) is 9.47 Å². The fourth-order valence-corrected chi connectivity index (χ4v) is 3.91. The smallest absolute Gasteiger partial charge is 0.251 e. The molecule has 0 saturated carbocycles. The summed E-state index contributed by atoms with van der Waals surface area (Å²) in [5.74, 6) is -1.41. The summed E-state index contributed by atoms with van der Waals surface area (Å²) in [6.07, 6.45) is 3.10. The first-order chi connectivity index (χ1) is 14.0. The minimum Gasteiger partial charge on any atom is -0.376 e. The molecule has 1 unspecified atom stereocenters. The van der Waals surface area contributed by atoms with E-state index in [2.05, 4.69) is 10.6 Å². The van der Waals surface area contributed by atoms with Crippen LogP contribution in [0.5, 0.6) is 0 Å². The fraction of sp³-hybridized carbons (Fsp3) is 0.429. The number of ether oxygens (including phenoxy) is 2. The van der Waals surface area contributed by atoms with E-state index < -0.39 is 17.6 Å². The highest BCUT2D eigenvalue weighted by Crippen LogP contribution is 2.17. The maximum atomic E-state index is 13.9. The van der Waals surface area contributed by atoms with Crippen LogP contribution in [0.3, 0.4) is 0 Å². The van der Waals surface area contributed by atoms with E-state index in [1.165, 1.54) is 12.1 Å². The molecule has 156 valence electrons. The van der Waals surface area contributed by atoms with E-state index in [9.17, 15) is 14.0 Å². The van der Waals surface area contributed by atoms with Gasteiger partial charge in [-0.3, -0.25) is 9.59 Å². The molecular formula is C21H25FN2O4S. The third-order valence-electron chi connectivity index (χ3n) is 4.63. The van der Waals surface area contributed by atoms with Gasteiger partial charge >= 0.3 is 0 Å². The molecule has 29 heavy (non-hydrogen) atoms. The molecule has 2 aromatic rings. The van der Waals surface area contributed by atoms with Gasteiger partial charge in [0.2, 0.25) is 5.91 Å². The lowest BCUT2D eigenvalue weighted by Crippen LogP contribution is -2.27. The third-order valence-corrected chi connectivity index (χ3v) is 5.66. The van der Waals surface area contributed by atoms with Crippen molar-refractivity contribution in [2.75, 3.05) is 25.1 Å². The summed E-state index contributed by atoms with van der Waals surface area (Å²) in [5.41, 5.74) is 1.46. The van der Waals surface area contributed by atoms with Crippen molar-refractivity contribution < 1.29 is 23.5 Å². The minimum absolute atomic E-state index is 0.0213. The van der Waals surface area contributed by atoms with Gasteiger partial charge in [0.25, 0.3) is 5.91 Å². The van der Waals surface area contributed by atoms with Crippen LogP contribution in [0.15, 0.2) is 29.6 Å². The third kappa shape index (κ3) is 6.62. The lowest BCUT2D eigenvalue weighted by molar-refractivity contribution is -0.122. The van der Waals surface area contributed by atoms with Gasteiger partial charge in [-0.1, -0.05) is 0 Å². The fourth-order valence-electron chi connectivity index (χ4n) is 3.06. The van der Waals surface area contributed by atoms with Gasteiger partial charge in [-0.25, -0.2) is 4.39 Å². The topological polar surface area (TPSA) is 76.7 Å². The Morgan fingerprint density at radius 1 is 1.31 bits per heavy atom. The Kier molecular flexibility index (Phi) is 7.74. The molecule has 8 heteroatoms. The van der Waals surface area contributed by atoms with Gasteiger partial charge in [0.1, 0.15) is 12.4 Å². The van der Waals surface area contributed by atoms with E-state index in [0.29, 0.717) is 13.2 Å². The standard InChI is InChI=1S/C21H25FN2O4S/c1-14-5-7-29-19(14)11-23-21(26)15-8-16(22)10-17(9-15)24-20(25)13-27-12-18-4-2-3-6-28-18/h5,7-10,18H,2-4,6,11-13H2,1H3,(H,23,26)(H,24,25). The molecule has 1 aliphatic rings. The number of anilines is 1. The van der Waals surface area contributed by atoms with Crippen molar-refractivity contribution in [1.82, 2.24) is 5.32 Å². The summed E-state index contributed by atoms with van der Waals surface area (Å²) in [7, 11) is 0. The number of thiophene rings is 1. The number of benzene rings is 1. The van der Waals surface area contributed by atoms with Gasteiger partial charge in [-0.05, 0) is 61.4 Å². The van der Waals surface area contributed by atoms with Crippen LogP contribution in [-0.4, -0.2) is 37.7 Å². The van der Waals surface area contributed by atoms with Gasteiger partial charge in [0.15, 0.2) is 0 Å². The molecule has 1 aromatic carbocycles. The molecule has 1 saturated heterocycles. The number of hydrogen-bond acceptors (Lipinski definition) is 5. The van der Waals surface area contributed by atoms with E-state index in [1.807, 2.05) is 18.4 Å². The van der Waals surface area contributed by atoms with Crippen LogP contribution in [0.2, 0.25) is 0 Å². The quantitative estimate of drug-likeness (QED) is 0.684. The molecule has 0 radical (unpaired) electrons. The summed E-state index contributed by atoms with van der Waals surface area (Å²) in [6, 6.07) is 5.73. The Labute approximate surface area is 173 Å². The van der Waals surface area contributed by atoms with Crippen LogP contribution in [-0.2, 0) is 20.8 Å². The maximum Gasteiger partial charge on any atom is 0.251 e. The van der Waals surface area contributed by atoms with E-state index in [0.717, 1.165) is 42.4 Å². The minimum atomic E-state index is -0.600. The zero-order valence-electron chi connectivity index (χ0n) is 16.3. The Morgan fingerprint density at radius 3 is 2.90 bits per heavy atom. The van der Waals surface area contributed by atoms with E-state index in [1.54, 1.807) is 11.3 Å². The zero-order chi connectivity index (χ0) is 20.6. The van der Waals surface area contributed by atoms with Crippen molar-refractivity contribution in [2.45, 2.75) is 38.8 Å². The summed E-state index contributed by atoms with van der Waals surface area (Å²) >= 11 is 1.55. The van der Waals surface area contributed by atoms with Crippen molar-refractivity contribution in [3.05, 3.63) is 51.5 Å². The Morgan fingerprint density at radius 2 is 2.17 bits per heavy atom. The number of carbonyl (C=O) groups excluding carboxylic acids is 2. The molecule has 3 rings (SSSR count). The SMILES string of the molecule is Cc1ccsc1CNC(=O)c1cc(F)cc(NC(=O)COCC2CCCCO2)c1. The Balaban J connectivity index is 1.50. The Bertz CT molecular complexity index is 849. The molecule has 2 N–H and O–H groups in total. The molecule has 0 spiro atoms. The van der Waals surface area contributed by atoms with Crippen molar-refractivity contribution in [3.8, 4) is 0 Å². The van der Waals surface area contributed by atoms with Crippen LogP contribution in [0.25, 0.3) is 0 Å². The maximum absolute atomic E-state index is 13.9.